The van der Waals surface area contributed by atoms with Crippen LogP contribution in [0.5, 0.6) is 0 Å². The van der Waals surface area contributed by atoms with Crippen molar-refractivity contribution in [1.82, 2.24) is 9.88 Å². The van der Waals surface area contributed by atoms with E-state index in [-0.39, 0.29) is 18.0 Å². The number of hydrogen-bond acceptors (Lipinski definition) is 4. The number of amides is 1. The summed E-state index contributed by atoms with van der Waals surface area (Å²) in [5.41, 5.74) is 1.58. The number of thioether (sulfide) groups is 1. The summed E-state index contributed by atoms with van der Waals surface area (Å²) < 4.78 is 5.60. The van der Waals surface area contributed by atoms with Gasteiger partial charge in [0.2, 0.25) is 5.91 Å². The maximum atomic E-state index is 12.3. The van der Waals surface area contributed by atoms with Crippen molar-refractivity contribution < 1.29 is 9.21 Å². The molecule has 0 fully saturated rings. The first-order valence-electron chi connectivity index (χ1n) is 6.78. The first-order valence-corrected chi connectivity index (χ1v) is 7.77. The second kappa shape index (κ2) is 6.31. The summed E-state index contributed by atoms with van der Waals surface area (Å²) >= 11 is 1.35. The van der Waals surface area contributed by atoms with Crippen LogP contribution in [0.25, 0.3) is 11.1 Å². The van der Waals surface area contributed by atoms with Gasteiger partial charge in [0.25, 0.3) is 5.22 Å². The van der Waals surface area contributed by atoms with Crippen molar-refractivity contribution in [3.05, 3.63) is 24.3 Å². The number of carbonyl (C=O) groups excluding carboxylic acids is 1. The fraction of sp³-hybridized carbons (Fsp3) is 0.467. The highest BCUT2D eigenvalue weighted by Gasteiger charge is 2.20. The highest BCUT2D eigenvalue weighted by Crippen LogP contribution is 2.23. The van der Waals surface area contributed by atoms with E-state index < -0.39 is 0 Å². The molecule has 0 aliphatic carbocycles. The molecule has 4 nitrogen and oxygen atoms in total. The second-order valence-corrected chi connectivity index (χ2v) is 6.15. The molecule has 0 radical (unpaired) electrons. The Labute approximate surface area is 123 Å². The predicted molar refractivity (Wildman–Crippen MR) is 81.9 cm³/mol. The Morgan fingerprint density at radius 2 is 1.90 bits per heavy atom. The normalized spacial score (nSPS) is 11.5. The molecule has 0 N–H and O–H groups in total. The molecule has 2 rings (SSSR count). The molecular formula is C15H20N2O2S. The van der Waals surface area contributed by atoms with Crippen LogP contribution >= 0.6 is 11.8 Å². The number of carbonyl (C=O) groups is 1. The van der Waals surface area contributed by atoms with Crippen LogP contribution in [0.3, 0.4) is 0 Å². The van der Waals surface area contributed by atoms with Gasteiger partial charge in [0.1, 0.15) is 5.52 Å². The van der Waals surface area contributed by atoms with Gasteiger partial charge in [-0.1, -0.05) is 23.9 Å². The maximum Gasteiger partial charge on any atom is 0.257 e. The third kappa shape index (κ3) is 3.33. The summed E-state index contributed by atoms with van der Waals surface area (Å²) in [6.07, 6.45) is 0. The summed E-state index contributed by atoms with van der Waals surface area (Å²) in [4.78, 5) is 18.5. The van der Waals surface area contributed by atoms with E-state index in [2.05, 4.69) is 4.98 Å². The number of aromatic nitrogens is 1. The maximum absolute atomic E-state index is 12.3. The summed E-state index contributed by atoms with van der Waals surface area (Å²) in [7, 11) is 0. The number of rotatable bonds is 5. The van der Waals surface area contributed by atoms with Crippen LogP contribution in [0.4, 0.5) is 0 Å². The van der Waals surface area contributed by atoms with Crippen molar-refractivity contribution in [3.8, 4) is 0 Å². The number of fused-ring (bicyclic) bond motifs is 1. The van der Waals surface area contributed by atoms with Crippen molar-refractivity contribution in [2.45, 2.75) is 45.0 Å². The SMILES string of the molecule is CC(C)N(C(=O)CSc1nc2ccccc2o1)C(C)C. The minimum Gasteiger partial charge on any atom is -0.431 e. The molecule has 20 heavy (non-hydrogen) atoms. The largest absolute Gasteiger partial charge is 0.431 e. The lowest BCUT2D eigenvalue weighted by Crippen LogP contribution is -2.43. The third-order valence-electron chi connectivity index (χ3n) is 2.99. The third-order valence-corrected chi connectivity index (χ3v) is 3.81. The Kier molecular flexibility index (Phi) is 4.70. The molecule has 0 saturated carbocycles. The van der Waals surface area contributed by atoms with E-state index in [1.807, 2.05) is 56.9 Å². The summed E-state index contributed by atoms with van der Waals surface area (Å²) in [6, 6.07) is 8.01. The van der Waals surface area contributed by atoms with Gasteiger partial charge in [-0.05, 0) is 39.8 Å². The van der Waals surface area contributed by atoms with Gasteiger partial charge in [0, 0.05) is 12.1 Å². The van der Waals surface area contributed by atoms with Crippen LogP contribution in [0.1, 0.15) is 27.7 Å². The molecule has 2 aromatic rings. The van der Waals surface area contributed by atoms with E-state index in [1.165, 1.54) is 11.8 Å². The lowest BCUT2D eigenvalue weighted by atomic mass is 10.2. The standard InChI is InChI=1S/C15H20N2O2S/c1-10(2)17(11(3)4)14(18)9-20-15-16-12-7-5-6-8-13(12)19-15/h5-8,10-11H,9H2,1-4H3. The van der Waals surface area contributed by atoms with E-state index in [0.29, 0.717) is 11.0 Å². The summed E-state index contributed by atoms with van der Waals surface area (Å²) in [6.45, 7) is 8.12. The van der Waals surface area contributed by atoms with Crippen molar-refractivity contribution in [1.29, 1.82) is 0 Å². The van der Waals surface area contributed by atoms with Crippen LogP contribution < -0.4 is 0 Å². The van der Waals surface area contributed by atoms with E-state index >= 15 is 0 Å². The molecule has 0 atom stereocenters. The summed E-state index contributed by atoms with van der Waals surface area (Å²) in [5, 5.41) is 0.548. The molecule has 0 unspecified atom stereocenters. The van der Waals surface area contributed by atoms with Crippen LogP contribution in [-0.4, -0.2) is 33.6 Å². The molecule has 0 bridgehead atoms. The van der Waals surface area contributed by atoms with Gasteiger partial charge >= 0.3 is 0 Å². The molecule has 0 aliphatic heterocycles. The van der Waals surface area contributed by atoms with Crippen LogP contribution in [0.2, 0.25) is 0 Å². The molecule has 0 saturated heterocycles. The quantitative estimate of drug-likeness (QED) is 0.790. The summed E-state index contributed by atoms with van der Waals surface area (Å²) in [5.74, 6) is 0.464. The lowest BCUT2D eigenvalue weighted by molar-refractivity contribution is -0.131. The topological polar surface area (TPSA) is 46.3 Å². The zero-order valence-corrected chi connectivity index (χ0v) is 13.1. The molecule has 1 aromatic heterocycles. The van der Waals surface area contributed by atoms with Gasteiger partial charge in [-0.25, -0.2) is 4.98 Å². The highest BCUT2D eigenvalue weighted by atomic mass is 32.2. The van der Waals surface area contributed by atoms with Crippen LogP contribution in [0, 0.1) is 0 Å². The predicted octanol–water partition coefficient (Wildman–Crippen LogP) is 3.57. The van der Waals surface area contributed by atoms with Gasteiger partial charge in [0.15, 0.2) is 5.58 Å². The molecular weight excluding hydrogens is 272 g/mol. The minimum atomic E-state index is 0.113. The number of nitrogens with zero attached hydrogens (tertiary/aromatic N) is 2. The Morgan fingerprint density at radius 3 is 2.50 bits per heavy atom. The Hall–Kier alpha value is -1.49. The van der Waals surface area contributed by atoms with Crippen molar-refractivity contribution in [3.63, 3.8) is 0 Å². The second-order valence-electron chi connectivity index (χ2n) is 5.22. The lowest BCUT2D eigenvalue weighted by Gasteiger charge is -2.30. The van der Waals surface area contributed by atoms with E-state index in [0.717, 1.165) is 11.1 Å². The smallest absolute Gasteiger partial charge is 0.257 e. The number of hydrogen-bond donors (Lipinski definition) is 0. The van der Waals surface area contributed by atoms with Gasteiger partial charge < -0.3 is 9.32 Å². The number of benzene rings is 1. The van der Waals surface area contributed by atoms with Crippen molar-refractivity contribution in [2.75, 3.05) is 5.75 Å². The van der Waals surface area contributed by atoms with Gasteiger partial charge in [-0.3, -0.25) is 4.79 Å². The first-order chi connectivity index (χ1) is 9.49. The van der Waals surface area contributed by atoms with Crippen LogP contribution in [-0.2, 0) is 4.79 Å². The van der Waals surface area contributed by atoms with Gasteiger partial charge in [-0.15, -0.1) is 0 Å². The van der Waals surface area contributed by atoms with E-state index in [9.17, 15) is 4.79 Å². The molecule has 1 amide bonds. The fourth-order valence-corrected chi connectivity index (χ4v) is 2.99. The van der Waals surface area contributed by atoms with Crippen LogP contribution in [0.15, 0.2) is 33.9 Å². The minimum absolute atomic E-state index is 0.113. The van der Waals surface area contributed by atoms with Crippen molar-refractivity contribution in [2.24, 2.45) is 0 Å². The fourth-order valence-electron chi connectivity index (χ4n) is 2.28. The molecule has 0 aliphatic rings. The molecule has 5 heteroatoms. The van der Waals surface area contributed by atoms with Gasteiger partial charge in [0.05, 0.1) is 5.75 Å². The average molecular weight is 292 g/mol. The zero-order chi connectivity index (χ0) is 14.7. The first kappa shape index (κ1) is 14.9. The average Bonchev–Trinajstić information content (AvgIpc) is 2.78. The van der Waals surface area contributed by atoms with E-state index in [1.54, 1.807) is 0 Å². The Morgan fingerprint density at radius 1 is 1.25 bits per heavy atom. The molecule has 1 heterocycles. The number of para-hydroxylation sites is 2. The van der Waals surface area contributed by atoms with Crippen molar-refractivity contribution >= 4 is 28.8 Å². The highest BCUT2D eigenvalue weighted by molar-refractivity contribution is 7.99. The molecule has 0 spiro atoms. The molecule has 1 aromatic carbocycles. The molecule has 108 valence electrons. The monoisotopic (exact) mass is 292 g/mol. The zero-order valence-electron chi connectivity index (χ0n) is 12.3. The van der Waals surface area contributed by atoms with Gasteiger partial charge in [-0.2, -0.15) is 0 Å². The van der Waals surface area contributed by atoms with E-state index in [4.69, 9.17) is 4.42 Å². The Bertz CT molecular complexity index is 551. The Balaban J connectivity index is 2.02. The number of oxazole rings is 1.